The van der Waals surface area contributed by atoms with Crippen molar-refractivity contribution in [3.63, 3.8) is 0 Å². The van der Waals surface area contributed by atoms with Gasteiger partial charge in [-0.25, -0.2) is 4.68 Å². The van der Waals surface area contributed by atoms with E-state index in [1.807, 2.05) is 47.1 Å². The van der Waals surface area contributed by atoms with Gasteiger partial charge in [0.15, 0.2) is 0 Å². The summed E-state index contributed by atoms with van der Waals surface area (Å²) in [5.74, 6) is 0.0349. The molecule has 3 N–H and O–H groups in total. The highest BCUT2D eigenvalue weighted by Crippen LogP contribution is 2.32. The number of hydrogen-bond acceptors (Lipinski definition) is 7. The van der Waals surface area contributed by atoms with Crippen LogP contribution in [0.2, 0.25) is 5.02 Å². The molecule has 1 aliphatic carbocycles. The van der Waals surface area contributed by atoms with Crippen LogP contribution in [0.4, 0.5) is 0 Å². The zero-order chi connectivity index (χ0) is 29.1. The Morgan fingerprint density at radius 1 is 0.929 bits per heavy atom. The lowest BCUT2D eigenvalue weighted by atomic mass is 9.89. The van der Waals surface area contributed by atoms with Crippen molar-refractivity contribution in [3.8, 4) is 11.3 Å². The second-order valence-corrected chi connectivity index (χ2v) is 11.5. The smallest absolute Gasteiger partial charge is 0.220 e. The largest absolute Gasteiger partial charge is 0.355 e. The quantitative estimate of drug-likeness (QED) is 0.0615. The van der Waals surface area contributed by atoms with E-state index >= 15 is 0 Å². The minimum absolute atomic E-state index is 0.0349. The Morgan fingerprint density at radius 2 is 1.71 bits per heavy atom. The zero-order valence-corrected chi connectivity index (χ0v) is 25.1. The highest BCUT2D eigenvalue weighted by molar-refractivity contribution is 7.94. The molecule has 0 fully saturated rings. The molecule has 220 valence electrons. The molecule has 4 aromatic rings. The van der Waals surface area contributed by atoms with E-state index in [0.717, 1.165) is 84.9 Å². The van der Waals surface area contributed by atoms with E-state index in [4.69, 9.17) is 31.4 Å². The van der Waals surface area contributed by atoms with Crippen molar-refractivity contribution < 1.29 is 14.1 Å². The number of nitrogens with zero attached hydrogens (tertiary/aromatic N) is 2. The zero-order valence-electron chi connectivity index (χ0n) is 23.5. The molecule has 42 heavy (non-hydrogen) atoms. The molecule has 3 aromatic carbocycles. The summed E-state index contributed by atoms with van der Waals surface area (Å²) in [6.45, 7) is 1.61. The van der Waals surface area contributed by atoms with Gasteiger partial charge in [0, 0.05) is 46.9 Å². The van der Waals surface area contributed by atoms with Crippen LogP contribution in [0.25, 0.3) is 22.0 Å². The Hall–Kier alpha value is -3.21. The number of carbonyl (C=O) groups excluding carboxylic acids is 1. The van der Waals surface area contributed by atoms with Crippen LogP contribution in [0.15, 0.2) is 71.6 Å². The normalized spacial score (nSPS) is 12.2. The molecule has 1 aromatic heterocycles. The summed E-state index contributed by atoms with van der Waals surface area (Å²) in [6.07, 6.45) is 7.40. The van der Waals surface area contributed by atoms with Gasteiger partial charge < -0.3 is 5.32 Å². The molecule has 0 saturated heterocycles. The molecular formula is C32H36ClN5O3S. The minimum Gasteiger partial charge on any atom is -0.355 e. The minimum atomic E-state index is 0.0349. The van der Waals surface area contributed by atoms with Crippen molar-refractivity contribution in [1.29, 1.82) is 5.41 Å². The summed E-state index contributed by atoms with van der Waals surface area (Å²) >= 11 is 7.35. The summed E-state index contributed by atoms with van der Waals surface area (Å²) in [4.78, 5) is 18.0. The first kappa shape index (κ1) is 30.3. The Morgan fingerprint density at radius 3 is 2.64 bits per heavy atom. The summed E-state index contributed by atoms with van der Waals surface area (Å²) in [7, 11) is 0. The first-order valence-electron chi connectivity index (χ1n) is 14.5. The highest BCUT2D eigenvalue weighted by atomic mass is 35.5. The Bertz CT molecular complexity index is 1580. The second kappa shape index (κ2) is 15.3. The molecule has 1 heterocycles. The van der Waals surface area contributed by atoms with Gasteiger partial charge in [-0.2, -0.15) is 10.6 Å². The van der Waals surface area contributed by atoms with Crippen molar-refractivity contribution >= 4 is 40.3 Å². The van der Waals surface area contributed by atoms with Crippen molar-refractivity contribution in [2.45, 2.75) is 62.8 Å². The molecule has 0 saturated carbocycles. The average Bonchev–Trinajstić information content (AvgIpc) is 3.00. The van der Waals surface area contributed by atoms with Gasteiger partial charge in [-0.05, 0) is 60.4 Å². The van der Waals surface area contributed by atoms with Crippen molar-refractivity contribution in [1.82, 2.24) is 20.6 Å². The molecule has 1 amide bonds. The van der Waals surface area contributed by atoms with Crippen LogP contribution < -0.4 is 16.3 Å². The third-order valence-corrected chi connectivity index (χ3v) is 8.42. The van der Waals surface area contributed by atoms with E-state index in [1.165, 1.54) is 16.7 Å². The van der Waals surface area contributed by atoms with Crippen LogP contribution in [-0.2, 0) is 33.5 Å². The number of rotatable bonds is 15. The second-order valence-electron chi connectivity index (χ2n) is 10.4. The maximum atomic E-state index is 12.1. The molecule has 1 aliphatic rings. The lowest BCUT2D eigenvalue weighted by molar-refractivity contribution is -0.244. The maximum Gasteiger partial charge on any atom is 0.220 e. The Balaban J connectivity index is 0.901. The third-order valence-electron chi connectivity index (χ3n) is 7.42. The summed E-state index contributed by atoms with van der Waals surface area (Å²) in [5.41, 5.74) is 7.91. The fraction of sp³-hybridized carbons (Fsp3) is 0.344. The van der Waals surface area contributed by atoms with Gasteiger partial charge in [0.25, 0.3) is 0 Å². The Labute approximate surface area is 255 Å². The fourth-order valence-electron chi connectivity index (χ4n) is 5.23. The average molecular weight is 606 g/mol. The number of nitrogens with one attached hydrogen (secondary N) is 3. The number of hydrogen-bond donors (Lipinski definition) is 3. The summed E-state index contributed by atoms with van der Waals surface area (Å²) in [6, 6.07) is 22.0. The van der Waals surface area contributed by atoms with Crippen LogP contribution in [0.3, 0.4) is 0 Å². The molecule has 0 bridgehead atoms. The third kappa shape index (κ3) is 7.99. The number of aryl methyl sites for hydroxylation is 3. The summed E-state index contributed by atoms with van der Waals surface area (Å²) in [5, 5.41) is 18.8. The Kier molecular flexibility index (Phi) is 11.0. The van der Waals surface area contributed by atoms with Crippen LogP contribution >= 0.6 is 23.6 Å². The molecule has 0 atom stereocenters. The molecule has 0 spiro atoms. The molecule has 0 aliphatic heterocycles. The molecule has 5 rings (SSSR count). The number of amides is 1. The number of hydroxylamine groups is 1. The fourth-order valence-corrected chi connectivity index (χ4v) is 6.02. The van der Waals surface area contributed by atoms with Gasteiger partial charge in [-0.1, -0.05) is 79.4 Å². The SMILES string of the molecule is N=c1cc2c(nn1CCCCCCCC(=O)NCCNOOSc1cccc3c(Cl)cccc13)-c1ccccc1CC2. The van der Waals surface area contributed by atoms with E-state index < -0.39 is 0 Å². The number of fused-ring (bicyclic) bond motifs is 4. The lowest BCUT2D eigenvalue weighted by Crippen LogP contribution is -2.31. The predicted molar refractivity (Wildman–Crippen MR) is 167 cm³/mol. The monoisotopic (exact) mass is 605 g/mol. The number of carbonyl (C=O) groups is 1. The standard InChI is InChI=1S/C32H36ClN5O3S/c33-28-14-8-13-27-26(28)12-9-15-29(27)42-41-40-36-20-19-35-31(39)16-4-2-1-3-7-21-38-30(34)22-24-18-17-23-10-5-6-11-25(23)32(24)37-38/h5-6,8-15,22,34,36H,1-4,7,16-21H2,(H,35,39). The van der Waals surface area contributed by atoms with E-state index in [2.05, 4.69) is 35.1 Å². The predicted octanol–water partition coefficient (Wildman–Crippen LogP) is 6.55. The number of halogens is 1. The van der Waals surface area contributed by atoms with Crippen LogP contribution in [0.5, 0.6) is 0 Å². The van der Waals surface area contributed by atoms with Gasteiger partial charge >= 0.3 is 0 Å². The maximum absolute atomic E-state index is 12.1. The number of unbranched alkanes of at least 4 members (excludes halogenated alkanes) is 4. The van der Waals surface area contributed by atoms with Gasteiger partial charge in [0.2, 0.25) is 5.91 Å². The van der Waals surface area contributed by atoms with Crippen LogP contribution in [0, 0.1) is 5.41 Å². The number of benzene rings is 3. The molecule has 0 radical (unpaired) electrons. The van der Waals surface area contributed by atoms with Gasteiger partial charge in [-0.3, -0.25) is 10.2 Å². The van der Waals surface area contributed by atoms with E-state index in [1.54, 1.807) is 0 Å². The summed E-state index contributed by atoms with van der Waals surface area (Å²) < 4.78 is 7.02. The molecule has 0 unspecified atom stereocenters. The van der Waals surface area contributed by atoms with E-state index in [-0.39, 0.29) is 5.91 Å². The van der Waals surface area contributed by atoms with Crippen molar-refractivity contribution in [3.05, 3.63) is 88.4 Å². The van der Waals surface area contributed by atoms with Gasteiger partial charge in [0.05, 0.1) is 17.7 Å². The van der Waals surface area contributed by atoms with Crippen molar-refractivity contribution in [2.75, 3.05) is 13.1 Å². The van der Waals surface area contributed by atoms with Crippen LogP contribution in [0.1, 0.15) is 49.7 Å². The molecular weight excluding hydrogens is 570 g/mol. The highest BCUT2D eigenvalue weighted by Gasteiger charge is 2.18. The van der Waals surface area contributed by atoms with E-state index in [0.29, 0.717) is 30.0 Å². The number of aromatic nitrogens is 2. The van der Waals surface area contributed by atoms with Crippen molar-refractivity contribution in [2.24, 2.45) is 0 Å². The van der Waals surface area contributed by atoms with E-state index in [9.17, 15) is 4.79 Å². The van der Waals surface area contributed by atoms with Gasteiger partial charge in [-0.15, -0.1) is 9.32 Å². The first-order valence-corrected chi connectivity index (χ1v) is 15.6. The van der Waals surface area contributed by atoms with Crippen LogP contribution in [-0.4, -0.2) is 28.8 Å². The topological polar surface area (TPSA) is 101 Å². The lowest BCUT2D eigenvalue weighted by Gasteiger charge is -2.20. The van der Waals surface area contributed by atoms with Gasteiger partial charge in [0.1, 0.15) is 5.49 Å². The molecule has 10 heteroatoms. The first-order chi connectivity index (χ1) is 20.6. The molecule has 8 nitrogen and oxygen atoms in total.